The molecule has 6 atom stereocenters. The number of benzene rings is 1. The minimum Gasteiger partial charge on any atom is -0.481 e. The van der Waals surface area contributed by atoms with Crippen molar-refractivity contribution in [2.75, 3.05) is 0 Å². The molecule has 0 aliphatic heterocycles. The molecule has 69 heavy (non-hydrogen) atoms. The smallest absolute Gasteiger partial charge is 0.374 e. The number of halogens is 2. The van der Waals surface area contributed by atoms with Crippen molar-refractivity contribution in [3.63, 3.8) is 0 Å². The number of aliphatic carboxylic acids is 6. The topological polar surface area (TPSA) is 469 Å². The number of rotatable bonds is 30. The number of ketones is 1. The van der Waals surface area contributed by atoms with Crippen LogP contribution in [-0.2, 0) is 68.7 Å². The molecule has 2 rings (SSSR count). The summed E-state index contributed by atoms with van der Waals surface area (Å²) in [6.07, 6.45) is -10.8. The quantitative estimate of drug-likeness (QED) is 0.0274. The predicted octanol–water partition coefficient (Wildman–Crippen LogP) is -2.97. The fourth-order valence-electron chi connectivity index (χ4n) is 6.42. The summed E-state index contributed by atoms with van der Waals surface area (Å²) < 4.78 is 26.5. The van der Waals surface area contributed by atoms with Crippen LogP contribution in [0.4, 0.5) is 8.78 Å². The summed E-state index contributed by atoms with van der Waals surface area (Å²) in [6.45, 7) is 0.868. The summed E-state index contributed by atoms with van der Waals surface area (Å²) in [5.74, 6) is -25.9. The van der Waals surface area contributed by atoms with Gasteiger partial charge in [0.1, 0.15) is 36.3 Å². The first-order valence-electron chi connectivity index (χ1n) is 19.9. The number of carbonyl (C=O) groups excluding carboxylic acids is 7. The Kier molecular flexibility index (Phi) is 21.2. The van der Waals surface area contributed by atoms with Crippen LogP contribution in [0.5, 0.6) is 0 Å². The molecule has 28 nitrogen and oxygen atoms in total. The Balaban J connectivity index is 2.75. The van der Waals surface area contributed by atoms with Crippen molar-refractivity contribution in [2.45, 2.75) is 101 Å². The third-order valence-corrected chi connectivity index (χ3v) is 9.67. The Morgan fingerprint density at radius 1 is 0.565 bits per heavy atom. The van der Waals surface area contributed by atoms with E-state index in [2.05, 4.69) is 15.6 Å². The number of aromatic nitrogens is 1. The molecular weight excluding hydrogens is 940 g/mol. The molecule has 0 saturated carbocycles. The lowest BCUT2D eigenvalue weighted by Gasteiger charge is -2.28. The predicted molar refractivity (Wildman–Crippen MR) is 219 cm³/mol. The first-order chi connectivity index (χ1) is 32.1. The summed E-state index contributed by atoms with van der Waals surface area (Å²) in [4.78, 5) is 177. The van der Waals surface area contributed by atoms with E-state index in [-0.39, 0.29) is 22.0 Å². The van der Waals surface area contributed by atoms with Gasteiger partial charge >= 0.3 is 41.8 Å². The highest BCUT2D eigenvalue weighted by atomic mass is 19.3. The van der Waals surface area contributed by atoms with E-state index in [0.717, 1.165) is 19.2 Å². The standard InChI is InChI=1S/C39H45F2N7O21/c1-14(49)43-24(12-28(54)55)35(61)48-23(10-17(37(64)65)38(66)67)34(60)47-22(9-15-13-42-18-4-2-3-16(29(15)18)36(62)63)33(59)45-19(5-7-26(50)51)31(57)44-20(6-8-27(52)53)32(58)46-21(11-25(40)41)30(56)39(68)69/h2-4,13,17,19-25,42H,5-12H2,1H3,(H,43,49)(H,44,57)(H,45,59)(H,46,58)(H,47,60)(H,48,61)(H,50,51)(H,52,53)(H,54,55)(H,62,63)(H,64,65)(H,66,67)(H,68,69)/t19-,20-,21-,22-,23+,24-/m0/s1. The average molecular weight is 986 g/mol. The second kappa shape index (κ2) is 25.9. The van der Waals surface area contributed by atoms with Crippen LogP contribution in [-0.4, -0.2) is 166 Å². The largest absolute Gasteiger partial charge is 0.481 e. The highest BCUT2D eigenvalue weighted by Crippen LogP contribution is 2.24. The van der Waals surface area contributed by atoms with Crippen LogP contribution in [0.15, 0.2) is 24.4 Å². The average Bonchev–Trinajstić information content (AvgIpc) is 3.65. The zero-order valence-corrected chi connectivity index (χ0v) is 35.7. The lowest BCUT2D eigenvalue weighted by Crippen LogP contribution is -2.60. The van der Waals surface area contributed by atoms with E-state index in [1.54, 1.807) is 5.32 Å². The molecule has 376 valence electrons. The summed E-state index contributed by atoms with van der Waals surface area (Å²) >= 11 is 0. The van der Waals surface area contributed by atoms with Crippen LogP contribution in [0.25, 0.3) is 10.9 Å². The van der Waals surface area contributed by atoms with Crippen LogP contribution in [0, 0.1) is 5.92 Å². The molecule has 0 aliphatic rings. The third-order valence-electron chi connectivity index (χ3n) is 9.67. The van der Waals surface area contributed by atoms with Gasteiger partial charge in [-0.25, -0.2) is 18.4 Å². The molecule has 0 bridgehead atoms. The fourth-order valence-corrected chi connectivity index (χ4v) is 6.42. The molecule has 14 N–H and O–H groups in total. The molecule has 1 aromatic heterocycles. The van der Waals surface area contributed by atoms with Gasteiger partial charge in [-0.15, -0.1) is 0 Å². The minimum absolute atomic E-state index is 0.0791. The van der Waals surface area contributed by atoms with Gasteiger partial charge < -0.3 is 72.6 Å². The van der Waals surface area contributed by atoms with E-state index >= 15 is 0 Å². The maximum Gasteiger partial charge on any atom is 0.374 e. The molecule has 2 aromatic rings. The molecule has 1 heterocycles. The highest BCUT2D eigenvalue weighted by molar-refractivity contribution is 6.35. The number of Topliss-reactive ketones (excluding diaryl/α,β-unsaturated/α-hetero) is 1. The molecule has 30 heteroatoms. The maximum atomic E-state index is 14.3. The second-order valence-corrected chi connectivity index (χ2v) is 14.8. The van der Waals surface area contributed by atoms with Crippen molar-refractivity contribution in [1.29, 1.82) is 0 Å². The van der Waals surface area contributed by atoms with Crippen LogP contribution in [0.2, 0.25) is 0 Å². The van der Waals surface area contributed by atoms with Crippen molar-refractivity contribution < 1.29 is 112 Å². The van der Waals surface area contributed by atoms with Gasteiger partial charge in [-0.05, 0) is 30.5 Å². The summed E-state index contributed by atoms with van der Waals surface area (Å²) in [7, 11) is 0. The first kappa shape index (κ1) is 56.5. The number of aromatic amines is 1. The molecule has 1 aromatic carbocycles. The zero-order chi connectivity index (χ0) is 52.4. The normalized spacial score (nSPS) is 13.6. The van der Waals surface area contributed by atoms with Gasteiger partial charge in [-0.2, -0.15) is 0 Å². The lowest BCUT2D eigenvalue weighted by molar-refractivity contribution is -0.156. The van der Waals surface area contributed by atoms with Gasteiger partial charge in [0.15, 0.2) is 5.92 Å². The molecule has 0 saturated heterocycles. The van der Waals surface area contributed by atoms with Crippen molar-refractivity contribution in [3.05, 3.63) is 35.5 Å². The molecule has 0 radical (unpaired) electrons. The number of carbonyl (C=O) groups is 14. The maximum absolute atomic E-state index is 14.3. The zero-order valence-electron chi connectivity index (χ0n) is 35.7. The van der Waals surface area contributed by atoms with Crippen molar-refractivity contribution in [1.82, 2.24) is 36.9 Å². The van der Waals surface area contributed by atoms with E-state index in [1.807, 2.05) is 16.0 Å². The molecular formula is C39H45F2N7O21. The van der Waals surface area contributed by atoms with Gasteiger partial charge in [0.25, 0.3) is 5.78 Å². The van der Waals surface area contributed by atoms with Crippen LogP contribution in [0.3, 0.4) is 0 Å². The lowest BCUT2D eigenvalue weighted by atomic mass is 9.97. The van der Waals surface area contributed by atoms with Crippen LogP contribution < -0.4 is 31.9 Å². The van der Waals surface area contributed by atoms with E-state index in [1.165, 1.54) is 12.1 Å². The molecule has 6 amide bonds. The first-order valence-corrected chi connectivity index (χ1v) is 19.9. The Hall–Kier alpha value is -8.60. The Morgan fingerprint density at radius 3 is 1.48 bits per heavy atom. The van der Waals surface area contributed by atoms with E-state index in [9.17, 15) is 107 Å². The number of H-pyrrole nitrogens is 1. The fraction of sp³-hybridized carbons (Fsp3) is 0.436. The van der Waals surface area contributed by atoms with Crippen LogP contribution in [0.1, 0.15) is 67.8 Å². The number of hydrogen-bond donors (Lipinski definition) is 14. The molecule has 0 aliphatic carbocycles. The third kappa shape index (κ3) is 18.0. The summed E-state index contributed by atoms with van der Waals surface area (Å²) in [5.41, 5.74) is -0.326. The molecule has 0 unspecified atom stereocenters. The van der Waals surface area contributed by atoms with Gasteiger partial charge in [0.05, 0.1) is 12.0 Å². The molecule has 0 spiro atoms. The van der Waals surface area contributed by atoms with Crippen LogP contribution >= 0.6 is 0 Å². The van der Waals surface area contributed by atoms with Crippen molar-refractivity contribution >= 4 is 93.9 Å². The Morgan fingerprint density at radius 2 is 1.03 bits per heavy atom. The Bertz CT molecular complexity index is 2340. The number of amides is 6. The number of alkyl halides is 2. The van der Waals surface area contributed by atoms with Gasteiger partial charge in [-0.1, -0.05) is 6.07 Å². The number of aromatic carboxylic acids is 1. The van der Waals surface area contributed by atoms with Gasteiger partial charge in [0, 0.05) is 56.1 Å². The number of nitrogens with one attached hydrogen (secondary N) is 7. The number of carboxylic acid groups (broad SMARTS) is 7. The van der Waals surface area contributed by atoms with Gasteiger partial charge in [0.2, 0.25) is 41.9 Å². The molecule has 0 fully saturated rings. The number of fused-ring (bicyclic) bond motifs is 1. The van der Waals surface area contributed by atoms with E-state index in [4.69, 9.17) is 5.11 Å². The van der Waals surface area contributed by atoms with Gasteiger partial charge in [-0.3, -0.25) is 57.5 Å². The Labute approximate surface area is 384 Å². The summed E-state index contributed by atoms with van der Waals surface area (Å²) in [5, 5.41) is 77.9. The number of hydrogen-bond acceptors (Lipinski definition) is 14. The second-order valence-electron chi connectivity index (χ2n) is 14.8. The minimum atomic E-state index is -3.38. The van der Waals surface area contributed by atoms with E-state index < -0.39 is 183 Å². The highest BCUT2D eigenvalue weighted by Gasteiger charge is 2.38. The van der Waals surface area contributed by atoms with Crippen molar-refractivity contribution in [3.8, 4) is 0 Å². The number of carboxylic acids is 7. The monoisotopic (exact) mass is 985 g/mol. The SMILES string of the molecule is CC(=O)N[C@@H](CC(=O)O)C(=O)N[C@H](CC(C(=O)O)C(=O)O)C(=O)N[C@@H](Cc1c[nH]c2cccc(C(=O)O)c12)C(=O)N[C@@H](CCC(=O)O)C(=O)N[C@@H](CCC(=O)O)C(=O)N[C@@H](CC(F)F)C(=O)C(=O)O. The van der Waals surface area contributed by atoms with Crippen molar-refractivity contribution in [2.24, 2.45) is 5.92 Å². The summed E-state index contributed by atoms with van der Waals surface area (Å²) in [6, 6.07) is -9.25. The van der Waals surface area contributed by atoms with E-state index in [0.29, 0.717) is 0 Å².